The molecule has 1 atom stereocenters. The van der Waals surface area contributed by atoms with Crippen LogP contribution < -0.4 is 0 Å². The molecule has 0 bridgehead atoms. The molecule has 0 aliphatic rings. The SMILES string of the molecule is CC/C=C\C/C=C\C/C=C\C/C=C\C/C=C\CCCCCC(=O)OCC(COC(=O)CCC/C=C\C/C=C\C/C=C\CC)OC(=O)CCCCCCC/C=C\C/C=C\CC. The second kappa shape index (κ2) is 47.5. The fourth-order valence-corrected chi connectivity index (χ4v) is 5.76. The van der Waals surface area contributed by atoms with Crippen LogP contribution in [0.1, 0.15) is 181 Å². The molecule has 0 saturated carbocycles. The molecule has 60 heavy (non-hydrogen) atoms. The van der Waals surface area contributed by atoms with E-state index in [0.29, 0.717) is 12.8 Å². The highest BCUT2D eigenvalue weighted by Gasteiger charge is 2.19. The number of esters is 3. The molecule has 0 fully saturated rings. The van der Waals surface area contributed by atoms with Gasteiger partial charge in [-0.2, -0.15) is 0 Å². The molecule has 6 nitrogen and oxygen atoms in total. The minimum absolute atomic E-state index is 0.121. The lowest BCUT2D eigenvalue weighted by molar-refractivity contribution is -0.167. The van der Waals surface area contributed by atoms with Gasteiger partial charge in [-0.25, -0.2) is 0 Å². The Hall–Kier alpha value is -4.19. The Morgan fingerprint density at radius 1 is 0.333 bits per heavy atom. The number of carbonyl (C=O) groups is 3. The van der Waals surface area contributed by atoms with Crippen molar-refractivity contribution in [1.82, 2.24) is 0 Å². The Balaban J connectivity index is 4.51. The zero-order chi connectivity index (χ0) is 43.7. The summed E-state index contributed by atoms with van der Waals surface area (Å²) < 4.78 is 16.6. The van der Waals surface area contributed by atoms with Gasteiger partial charge in [0.1, 0.15) is 13.2 Å². The van der Waals surface area contributed by atoms with Crippen LogP contribution in [0.25, 0.3) is 0 Å². The first-order chi connectivity index (χ1) is 29.5. The molecule has 0 heterocycles. The van der Waals surface area contributed by atoms with Crippen molar-refractivity contribution < 1.29 is 28.6 Å². The summed E-state index contributed by atoms with van der Waals surface area (Å²) in [5, 5.41) is 0. The molecule has 0 rings (SSSR count). The molecule has 0 aliphatic carbocycles. The van der Waals surface area contributed by atoms with E-state index in [9.17, 15) is 14.4 Å². The Morgan fingerprint density at radius 2 is 0.617 bits per heavy atom. The summed E-state index contributed by atoms with van der Waals surface area (Å²) in [7, 11) is 0. The number of carbonyl (C=O) groups excluding carboxylic acids is 3. The predicted molar refractivity (Wildman–Crippen MR) is 256 cm³/mol. The van der Waals surface area contributed by atoms with Crippen molar-refractivity contribution >= 4 is 17.9 Å². The van der Waals surface area contributed by atoms with E-state index in [1.165, 1.54) is 0 Å². The molecule has 0 aromatic rings. The van der Waals surface area contributed by atoms with Gasteiger partial charge in [0.15, 0.2) is 6.10 Å². The minimum atomic E-state index is -0.821. The molecule has 0 radical (unpaired) electrons. The smallest absolute Gasteiger partial charge is 0.306 e. The second-order valence-corrected chi connectivity index (χ2v) is 14.9. The van der Waals surface area contributed by atoms with Gasteiger partial charge < -0.3 is 14.2 Å². The summed E-state index contributed by atoms with van der Waals surface area (Å²) in [4.78, 5) is 37.8. The van der Waals surface area contributed by atoms with Crippen molar-refractivity contribution in [3.05, 3.63) is 122 Å². The summed E-state index contributed by atoms with van der Waals surface area (Å²) in [6.07, 6.45) is 64.8. The molecule has 0 aliphatic heterocycles. The van der Waals surface area contributed by atoms with E-state index in [1.54, 1.807) is 0 Å². The molecule has 6 heteroatoms. The molecule has 0 aromatic carbocycles. The van der Waals surface area contributed by atoms with Crippen LogP contribution in [0.15, 0.2) is 122 Å². The molecular weight excluding hydrogens is 745 g/mol. The highest BCUT2D eigenvalue weighted by Crippen LogP contribution is 2.11. The third-order valence-corrected chi connectivity index (χ3v) is 9.19. The summed E-state index contributed by atoms with van der Waals surface area (Å²) in [5.41, 5.74) is 0. The van der Waals surface area contributed by atoms with Gasteiger partial charge in [-0.1, -0.05) is 168 Å². The zero-order valence-corrected chi connectivity index (χ0v) is 38.2. The lowest BCUT2D eigenvalue weighted by Gasteiger charge is -2.18. The monoisotopic (exact) mass is 829 g/mol. The van der Waals surface area contributed by atoms with Crippen LogP contribution in [-0.4, -0.2) is 37.2 Å². The molecule has 0 N–H and O–H groups in total. The minimum Gasteiger partial charge on any atom is -0.462 e. The molecule has 336 valence electrons. The third kappa shape index (κ3) is 44.9. The van der Waals surface area contributed by atoms with Crippen LogP contribution in [-0.2, 0) is 28.6 Å². The van der Waals surface area contributed by atoms with Crippen molar-refractivity contribution in [2.45, 2.75) is 187 Å². The summed E-state index contributed by atoms with van der Waals surface area (Å²) >= 11 is 0. The van der Waals surface area contributed by atoms with Crippen LogP contribution in [0, 0.1) is 0 Å². The van der Waals surface area contributed by atoms with Crippen LogP contribution in [0.2, 0.25) is 0 Å². The fourth-order valence-electron chi connectivity index (χ4n) is 5.76. The van der Waals surface area contributed by atoms with Gasteiger partial charge in [0.25, 0.3) is 0 Å². The highest BCUT2D eigenvalue weighted by molar-refractivity contribution is 5.71. The average molecular weight is 829 g/mol. The highest BCUT2D eigenvalue weighted by atomic mass is 16.6. The third-order valence-electron chi connectivity index (χ3n) is 9.19. The lowest BCUT2D eigenvalue weighted by atomic mass is 10.1. The summed E-state index contributed by atoms with van der Waals surface area (Å²) in [6, 6.07) is 0. The van der Waals surface area contributed by atoms with Gasteiger partial charge >= 0.3 is 17.9 Å². The first-order valence-corrected chi connectivity index (χ1v) is 23.5. The Morgan fingerprint density at radius 3 is 1.02 bits per heavy atom. The van der Waals surface area contributed by atoms with Gasteiger partial charge in [-0.15, -0.1) is 0 Å². The number of rotatable bonds is 40. The maximum Gasteiger partial charge on any atom is 0.306 e. The Labute approximate surface area is 367 Å². The van der Waals surface area contributed by atoms with Crippen molar-refractivity contribution in [3.8, 4) is 0 Å². The van der Waals surface area contributed by atoms with Crippen molar-refractivity contribution in [1.29, 1.82) is 0 Å². The standard InChI is InChI=1S/C54H84O6/c1-4-7-10-13-16-19-22-24-25-26-27-28-29-30-33-35-38-41-44-47-53(56)59-50-51(49-58-52(55)46-43-40-37-34-31-21-18-15-12-9-6-3)60-54(57)48-45-42-39-36-32-23-20-17-14-11-8-5-2/h7-12,16-21,24-25,27-28,30,33-34,37,51H,4-6,13-15,22-23,26,29,31-32,35-36,38-50H2,1-3H3/b10-7-,11-8-,12-9-,19-16-,20-17-,21-18-,25-24-,28-27-,33-30-,37-34-. The van der Waals surface area contributed by atoms with E-state index in [-0.39, 0.29) is 44.0 Å². The fraction of sp³-hybridized carbons (Fsp3) is 0.574. The number of unbranched alkanes of at least 4 members (excludes halogenated alkanes) is 9. The van der Waals surface area contributed by atoms with Gasteiger partial charge in [-0.05, 0) is 116 Å². The molecule has 0 spiro atoms. The largest absolute Gasteiger partial charge is 0.462 e. The van der Waals surface area contributed by atoms with Crippen molar-refractivity contribution in [2.75, 3.05) is 13.2 Å². The quantitative estimate of drug-likeness (QED) is 0.0265. The van der Waals surface area contributed by atoms with Crippen LogP contribution in [0.5, 0.6) is 0 Å². The first-order valence-electron chi connectivity index (χ1n) is 23.5. The molecule has 0 saturated heterocycles. The van der Waals surface area contributed by atoms with Crippen molar-refractivity contribution in [3.63, 3.8) is 0 Å². The second-order valence-electron chi connectivity index (χ2n) is 14.9. The topological polar surface area (TPSA) is 78.9 Å². The number of hydrogen-bond acceptors (Lipinski definition) is 6. The molecular formula is C54H84O6. The summed E-state index contributed by atoms with van der Waals surface area (Å²) in [5.74, 6) is -1.03. The van der Waals surface area contributed by atoms with E-state index in [2.05, 4.69) is 142 Å². The maximum atomic E-state index is 12.7. The van der Waals surface area contributed by atoms with Crippen molar-refractivity contribution in [2.24, 2.45) is 0 Å². The van der Waals surface area contributed by atoms with E-state index >= 15 is 0 Å². The van der Waals surface area contributed by atoms with Gasteiger partial charge in [0.05, 0.1) is 0 Å². The predicted octanol–water partition coefficient (Wildman–Crippen LogP) is 15.4. The van der Waals surface area contributed by atoms with Gasteiger partial charge in [-0.3, -0.25) is 14.4 Å². The number of ether oxygens (including phenoxy) is 3. The van der Waals surface area contributed by atoms with E-state index in [4.69, 9.17) is 14.2 Å². The first kappa shape index (κ1) is 55.8. The van der Waals surface area contributed by atoms with E-state index in [0.717, 1.165) is 135 Å². The number of allylic oxidation sites excluding steroid dienone is 20. The van der Waals surface area contributed by atoms with E-state index in [1.807, 2.05) is 0 Å². The van der Waals surface area contributed by atoms with Gasteiger partial charge in [0.2, 0.25) is 0 Å². The normalized spacial score (nSPS) is 13.2. The average Bonchev–Trinajstić information content (AvgIpc) is 3.24. The maximum absolute atomic E-state index is 12.7. The van der Waals surface area contributed by atoms with E-state index < -0.39 is 6.10 Å². The van der Waals surface area contributed by atoms with Crippen LogP contribution in [0.4, 0.5) is 0 Å². The Bertz CT molecular complexity index is 1320. The molecule has 0 amide bonds. The lowest BCUT2D eigenvalue weighted by Crippen LogP contribution is -2.30. The van der Waals surface area contributed by atoms with Gasteiger partial charge in [0, 0.05) is 19.3 Å². The Kier molecular flexibility index (Phi) is 44.2. The zero-order valence-electron chi connectivity index (χ0n) is 38.2. The van der Waals surface area contributed by atoms with Crippen LogP contribution >= 0.6 is 0 Å². The molecule has 0 aromatic heterocycles. The number of hydrogen-bond donors (Lipinski definition) is 0. The van der Waals surface area contributed by atoms with Crippen LogP contribution in [0.3, 0.4) is 0 Å². The summed E-state index contributed by atoms with van der Waals surface area (Å²) in [6.45, 7) is 6.17. The molecule has 1 unspecified atom stereocenters.